The van der Waals surface area contributed by atoms with Crippen LogP contribution >= 0.6 is 0 Å². The highest BCUT2D eigenvalue weighted by molar-refractivity contribution is 6.14. The summed E-state index contributed by atoms with van der Waals surface area (Å²) in [6, 6.07) is 8.51. The predicted octanol–water partition coefficient (Wildman–Crippen LogP) is 2.78. The Kier molecular flexibility index (Phi) is 5.21. The quantitative estimate of drug-likeness (QED) is 0.537. The first-order chi connectivity index (χ1) is 12.8. The van der Waals surface area contributed by atoms with Crippen LogP contribution in [0.25, 0.3) is 0 Å². The van der Waals surface area contributed by atoms with Gasteiger partial charge in [-0.15, -0.1) is 0 Å². The minimum Gasteiger partial charge on any atom is -0.491 e. The van der Waals surface area contributed by atoms with Crippen LogP contribution in [0.4, 0.5) is 11.5 Å². The van der Waals surface area contributed by atoms with Gasteiger partial charge in [0.05, 0.1) is 17.7 Å². The van der Waals surface area contributed by atoms with E-state index in [1.165, 1.54) is 6.20 Å². The number of hydrogen-bond acceptors (Lipinski definition) is 6. The zero-order valence-corrected chi connectivity index (χ0v) is 15.3. The van der Waals surface area contributed by atoms with Crippen molar-refractivity contribution >= 4 is 28.9 Å². The van der Waals surface area contributed by atoms with E-state index in [1.807, 2.05) is 13.8 Å². The van der Waals surface area contributed by atoms with Gasteiger partial charge in [-0.3, -0.25) is 15.0 Å². The summed E-state index contributed by atoms with van der Waals surface area (Å²) in [6.45, 7) is 3.85. The molecule has 1 aliphatic carbocycles. The summed E-state index contributed by atoms with van der Waals surface area (Å²) in [6.07, 6.45) is 2.09. The van der Waals surface area contributed by atoms with Crippen LogP contribution < -0.4 is 15.8 Å². The highest BCUT2D eigenvalue weighted by Crippen LogP contribution is 2.26. The van der Waals surface area contributed by atoms with E-state index in [4.69, 9.17) is 15.9 Å². The highest BCUT2D eigenvalue weighted by Gasteiger charge is 2.32. The molecule has 0 bridgehead atoms. The number of aromatic nitrogens is 1. The highest BCUT2D eigenvalue weighted by atomic mass is 16.5. The molecule has 0 saturated heterocycles. The Bertz CT molecular complexity index is 900. The fraction of sp³-hybridized carbons (Fsp3) is 0.300. The molecule has 140 valence electrons. The molecule has 1 aromatic heterocycles. The second-order valence-corrected chi connectivity index (χ2v) is 6.85. The number of nitrogens with zero attached hydrogens (tertiary/aromatic N) is 1. The third kappa shape index (κ3) is 4.31. The number of pyridine rings is 1. The Labute approximate surface area is 157 Å². The number of carbonyl (C=O) groups is 2. The number of carbonyl (C=O) groups excluding carboxylic acids is 2. The zero-order chi connectivity index (χ0) is 19.6. The van der Waals surface area contributed by atoms with Gasteiger partial charge in [0.15, 0.2) is 0 Å². The Morgan fingerprint density at radius 1 is 1.30 bits per heavy atom. The second kappa shape index (κ2) is 7.57. The van der Waals surface area contributed by atoms with Crippen LogP contribution in [-0.4, -0.2) is 28.5 Å². The van der Waals surface area contributed by atoms with E-state index in [9.17, 15) is 9.59 Å². The van der Waals surface area contributed by atoms with E-state index in [0.717, 1.165) is 0 Å². The second-order valence-electron chi connectivity index (χ2n) is 6.85. The van der Waals surface area contributed by atoms with Crippen molar-refractivity contribution in [2.24, 2.45) is 5.92 Å². The lowest BCUT2D eigenvalue weighted by Gasteiger charge is -2.22. The summed E-state index contributed by atoms with van der Waals surface area (Å²) >= 11 is 0. The lowest BCUT2D eigenvalue weighted by Crippen LogP contribution is -2.34. The van der Waals surface area contributed by atoms with Gasteiger partial charge in [0.25, 0.3) is 0 Å². The molecular weight excluding hydrogens is 344 g/mol. The van der Waals surface area contributed by atoms with E-state index < -0.39 is 0 Å². The smallest absolute Gasteiger partial charge is 0.229 e. The number of anilines is 2. The van der Waals surface area contributed by atoms with Crippen LogP contribution in [0.1, 0.15) is 37.8 Å². The molecule has 0 unspecified atom stereocenters. The van der Waals surface area contributed by atoms with Crippen LogP contribution in [0.5, 0.6) is 5.75 Å². The van der Waals surface area contributed by atoms with Gasteiger partial charge in [0.1, 0.15) is 17.4 Å². The minimum absolute atomic E-state index is 0.0109. The third-order valence-electron chi connectivity index (χ3n) is 4.28. The van der Waals surface area contributed by atoms with Gasteiger partial charge in [-0.1, -0.05) is 0 Å². The molecule has 3 rings (SSSR count). The standard InChI is InChI=1S/C20H22N4O3/c1-11(2)27-15-3-4-17(21)16(10-15)19(22)12-5-6-23-18(9-12)24-20(26)13-7-14(25)8-13/h3-6,9-11,13,22H,7-8,21H2,1-2H3,(H,23,24,26). The fourth-order valence-corrected chi connectivity index (χ4v) is 2.81. The van der Waals surface area contributed by atoms with Crippen molar-refractivity contribution in [3.8, 4) is 5.75 Å². The maximum atomic E-state index is 12.1. The average molecular weight is 366 g/mol. The van der Waals surface area contributed by atoms with Gasteiger partial charge in [-0.2, -0.15) is 0 Å². The molecule has 1 saturated carbocycles. The van der Waals surface area contributed by atoms with Crippen LogP contribution in [0.2, 0.25) is 0 Å². The van der Waals surface area contributed by atoms with Crippen molar-refractivity contribution in [3.05, 3.63) is 47.7 Å². The molecule has 0 atom stereocenters. The molecule has 1 heterocycles. The molecular formula is C20H22N4O3. The number of ketones is 1. The number of rotatable bonds is 6. The fourth-order valence-electron chi connectivity index (χ4n) is 2.81. The lowest BCUT2D eigenvalue weighted by molar-refractivity contribution is -0.135. The molecule has 0 radical (unpaired) electrons. The number of nitrogen functional groups attached to an aromatic ring is 1. The third-order valence-corrected chi connectivity index (χ3v) is 4.28. The monoisotopic (exact) mass is 366 g/mol. The Balaban J connectivity index is 1.79. The SMILES string of the molecule is CC(C)Oc1ccc(N)c(C(=N)c2ccnc(NC(=O)C3CC(=O)C3)c2)c1. The first-order valence-corrected chi connectivity index (χ1v) is 8.77. The number of Topliss-reactive ketones (excluding diaryl/α,β-unsaturated/α-hetero) is 1. The van der Waals surface area contributed by atoms with Crippen molar-refractivity contribution in [2.45, 2.75) is 32.8 Å². The molecule has 4 N–H and O–H groups in total. The van der Waals surface area contributed by atoms with Crippen molar-refractivity contribution in [3.63, 3.8) is 0 Å². The summed E-state index contributed by atoms with van der Waals surface area (Å²) in [5.74, 6) is 0.559. The van der Waals surface area contributed by atoms with Gasteiger partial charge >= 0.3 is 0 Å². The first kappa shape index (κ1) is 18.6. The molecule has 1 fully saturated rings. The zero-order valence-electron chi connectivity index (χ0n) is 15.3. The molecule has 1 aromatic carbocycles. The molecule has 27 heavy (non-hydrogen) atoms. The predicted molar refractivity (Wildman–Crippen MR) is 103 cm³/mol. The average Bonchev–Trinajstić information content (AvgIpc) is 2.60. The van der Waals surface area contributed by atoms with Crippen LogP contribution in [-0.2, 0) is 9.59 Å². The summed E-state index contributed by atoms with van der Waals surface area (Å²) in [5.41, 5.74) is 7.82. The van der Waals surface area contributed by atoms with E-state index in [2.05, 4.69) is 10.3 Å². The first-order valence-electron chi connectivity index (χ1n) is 8.77. The lowest BCUT2D eigenvalue weighted by atomic mass is 9.83. The summed E-state index contributed by atoms with van der Waals surface area (Å²) in [7, 11) is 0. The number of ether oxygens (including phenoxy) is 1. The molecule has 0 spiro atoms. The maximum absolute atomic E-state index is 12.1. The van der Waals surface area contributed by atoms with Gasteiger partial charge < -0.3 is 15.8 Å². The van der Waals surface area contributed by atoms with Crippen molar-refractivity contribution in [1.82, 2.24) is 4.98 Å². The Morgan fingerprint density at radius 2 is 2.04 bits per heavy atom. The topological polar surface area (TPSA) is 118 Å². The van der Waals surface area contributed by atoms with E-state index >= 15 is 0 Å². The summed E-state index contributed by atoms with van der Waals surface area (Å²) in [5, 5.41) is 11.2. The number of benzene rings is 1. The number of hydrogen-bond donors (Lipinski definition) is 3. The number of amides is 1. The van der Waals surface area contributed by atoms with E-state index in [0.29, 0.717) is 28.4 Å². The number of nitrogens with two attached hydrogens (primary N) is 1. The molecule has 7 nitrogen and oxygen atoms in total. The van der Waals surface area contributed by atoms with E-state index in [1.54, 1.807) is 30.3 Å². The Hall–Kier alpha value is -3.22. The largest absolute Gasteiger partial charge is 0.491 e. The van der Waals surface area contributed by atoms with Crippen molar-refractivity contribution in [2.75, 3.05) is 11.1 Å². The normalized spacial score (nSPS) is 14.0. The van der Waals surface area contributed by atoms with E-state index in [-0.39, 0.29) is 42.3 Å². The van der Waals surface area contributed by atoms with Crippen LogP contribution in [0.15, 0.2) is 36.5 Å². The number of nitrogens with one attached hydrogen (secondary N) is 2. The summed E-state index contributed by atoms with van der Waals surface area (Å²) < 4.78 is 5.68. The maximum Gasteiger partial charge on any atom is 0.229 e. The Morgan fingerprint density at radius 3 is 2.70 bits per heavy atom. The van der Waals surface area contributed by atoms with Crippen molar-refractivity contribution in [1.29, 1.82) is 5.41 Å². The molecule has 1 amide bonds. The molecule has 7 heteroatoms. The van der Waals surface area contributed by atoms with Gasteiger partial charge in [-0.25, -0.2) is 4.98 Å². The van der Waals surface area contributed by atoms with Gasteiger partial charge in [0, 0.05) is 35.9 Å². The van der Waals surface area contributed by atoms with Gasteiger partial charge in [0.2, 0.25) is 5.91 Å². The van der Waals surface area contributed by atoms with Crippen LogP contribution in [0.3, 0.4) is 0 Å². The molecule has 0 aliphatic heterocycles. The van der Waals surface area contributed by atoms with Gasteiger partial charge in [-0.05, 0) is 44.2 Å². The summed E-state index contributed by atoms with van der Waals surface area (Å²) in [4.78, 5) is 27.3. The van der Waals surface area contributed by atoms with Crippen molar-refractivity contribution < 1.29 is 14.3 Å². The van der Waals surface area contributed by atoms with Crippen LogP contribution in [0, 0.1) is 11.3 Å². The molecule has 1 aliphatic rings. The minimum atomic E-state index is -0.289. The molecule has 2 aromatic rings.